The van der Waals surface area contributed by atoms with Crippen LogP contribution in [-0.4, -0.2) is 47.7 Å². The second-order valence-corrected chi connectivity index (χ2v) is 8.15. The van der Waals surface area contributed by atoms with Crippen LogP contribution in [0.2, 0.25) is 0 Å². The summed E-state index contributed by atoms with van der Waals surface area (Å²) in [5, 5.41) is 27.5. The third kappa shape index (κ3) is 8.94. The standard InChI is InChI=1S/C26H34N4O6/c1-17(19-11-13-21(31)23(15-19)35-3)27-29-25(33)9-7-5-6-8-10-26(34)30-28-18(2)20-12-14-22(32)24(16-20)36-4/h11-16,31-32H,5-10H2,1-4H3,(H,29,33)(H,30,34). The van der Waals surface area contributed by atoms with Crippen LogP contribution < -0.4 is 20.3 Å². The van der Waals surface area contributed by atoms with Crippen molar-refractivity contribution >= 4 is 23.2 Å². The number of nitrogens with zero attached hydrogens (tertiary/aromatic N) is 2. The Morgan fingerprint density at radius 2 is 1.11 bits per heavy atom. The average molecular weight is 499 g/mol. The maximum absolute atomic E-state index is 12.0. The van der Waals surface area contributed by atoms with E-state index in [0.717, 1.165) is 24.0 Å². The molecule has 2 aromatic carbocycles. The minimum Gasteiger partial charge on any atom is -0.504 e. The normalized spacial score (nSPS) is 11.7. The van der Waals surface area contributed by atoms with Gasteiger partial charge in [-0.15, -0.1) is 0 Å². The number of hydrogen-bond acceptors (Lipinski definition) is 8. The van der Waals surface area contributed by atoms with Gasteiger partial charge < -0.3 is 19.7 Å². The molecule has 0 unspecified atom stereocenters. The summed E-state index contributed by atoms with van der Waals surface area (Å²) in [7, 11) is 2.93. The van der Waals surface area contributed by atoms with Gasteiger partial charge in [0.15, 0.2) is 23.0 Å². The number of carbonyl (C=O) groups excluding carboxylic acids is 2. The molecule has 0 aliphatic heterocycles. The molecule has 0 heterocycles. The van der Waals surface area contributed by atoms with Crippen LogP contribution in [-0.2, 0) is 9.59 Å². The van der Waals surface area contributed by atoms with Crippen LogP contribution in [0.3, 0.4) is 0 Å². The number of phenols is 2. The van der Waals surface area contributed by atoms with E-state index in [4.69, 9.17) is 9.47 Å². The average Bonchev–Trinajstić information content (AvgIpc) is 2.88. The van der Waals surface area contributed by atoms with Crippen molar-refractivity contribution in [1.82, 2.24) is 10.9 Å². The molecule has 2 aromatic rings. The van der Waals surface area contributed by atoms with Crippen molar-refractivity contribution in [1.29, 1.82) is 0 Å². The van der Waals surface area contributed by atoms with E-state index >= 15 is 0 Å². The Balaban J connectivity index is 1.64. The molecular weight excluding hydrogens is 464 g/mol. The summed E-state index contributed by atoms with van der Waals surface area (Å²) in [4.78, 5) is 24.1. The third-order valence-electron chi connectivity index (χ3n) is 5.45. The number of amides is 2. The molecule has 0 fully saturated rings. The topological polar surface area (TPSA) is 142 Å². The van der Waals surface area contributed by atoms with E-state index in [1.165, 1.54) is 26.4 Å². The van der Waals surface area contributed by atoms with E-state index in [1.54, 1.807) is 38.1 Å². The fourth-order valence-corrected chi connectivity index (χ4v) is 3.26. The lowest BCUT2D eigenvalue weighted by Crippen LogP contribution is -2.19. The fraction of sp³-hybridized carbons (Fsp3) is 0.385. The number of hydrazone groups is 2. The van der Waals surface area contributed by atoms with Crippen molar-refractivity contribution < 1.29 is 29.3 Å². The zero-order valence-corrected chi connectivity index (χ0v) is 21.1. The van der Waals surface area contributed by atoms with Crippen molar-refractivity contribution in [2.24, 2.45) is 10.2 Å². The van der Waals surface area contributed by atoms with Crippen LogP contribution >= 0.6 is 0 Å². The number of unbranched alkanes of at least 4 members (excludes halogenated alkanes) is 3. The summed E-state index contributed by atoms with van der Waals surface area (Å²) in [5.74, 6) is 0.369. The molecule has 10 heteroatoms. The molecule has 0 atom stereocenters. The van der Waals surface area contributed by atoms with Gasteiger partial charge >= 0.3 is 0 Å². The molecule has 2 rings (SSSR count). The second kappa shape index (κ2) is 14.3. The number of aromatic hydroxyl groups is 2. The number of carbonyl (C=O) groups is 2. The van der Waals surface area contributed by atoms with E-state index in [2.05, 4.69) is 21.1 Å². The van der Waals surface area contributed by atoms with Gasteiger partial charge in [0.05, 0.1) is 25.6 Å². The van der Waals surface area contributed by atoms with Gasteiger partial charge in [0, 0.05) is 24.0 Å². The number of benzene rings is 2. The highest BCUT2D eigenvalue weighted by Gasteiger charge is 2.08. The Morgan fingerprint density at radius 3 is 1.47 bits per heavy atom. The van der Waals surface area contributed by atoms with Crippen LogP contribution in [0, 0.1) is 0 Å². The number of hydrogen-bond donors (Lipinski definition) is 4. The van der Waals surface area contributed by atoms with E-state index in [1.807, 2.05) is 0 Å². The Hall–Kier alpha value is -4.08. The van der Waals surface area contributed by atoms with Crippen LogP contribution in [0.4, 0.5) is 0 Å². The van der Waals surface area contributed by atoms with Crippen LogP contribution in [0.5, 0.6) is 23.0 Å². The minimum absolute atomic E-state index is 0.0357. The molecule has 194 valence electrons. The number of nitrogens with one attached hydrogen (secondary N) is 2. The summed E-state index contributed by atoms with van der Waals surface area (Å²) >= 11 is 0. The summed E-state index contributed by atoms with van der Waals surface area (Å²) in [6.45, 7) is 3.51. The van der Waals surface area contributed by atoms with Crippen LogP contribution in [0.15, 0.2) is 46.6 Å². The Bertz CT molecular complexity index is 1030. The summed E-state index contributed by atoms with van der Waals surface area (Å²) in [6, 6.07) is 9.69. The monoisotopic (exact) mass is 498 g/mol. The van der Waals surface area contributed by atoms with Gasteiger partial charge in [-0.25, -0.2) is 10.9 Å². The highest BCUT2D eigenvalue weighted by molar-refractivity contribution is 6.00. The molecule has 36 heavy (non-hydrogen) atoms. The first-order chi connectivity index (χ1) is 17.2. The van der Waals surface area contributed by atoms with Gasteiger partial charge in [-0.1, -0.05) is 12.8 Å². The quantitative estimate of drug-likeness (QED) is 0.188. The molecule has 0 aromatic heterocycles. The fourth-order valence-electron chi connectivity index (χ4n) is 3.26. The molecule has 0 saturated heterocycles. The summed E-state index contributed by atoms with van der Waals surface area (Å²) in [5.41, 5.74) is 7.72. The van der Waals surface area contributed by atoms with Crippen molar-refractivity contribution in [3.63, 3.8) is 0 Å². The highest BCUT2D eigenvalue weighted by Crippen LogP contribution is 2.27. The van der Waals surface area contributed by atoms with Gasteiger partial charge in [0.2, 0.25) is 11.8 Å². The lowest BCUT2D eigenvalue weighted by molar-refractivity contribution is -0.122. The predicted octanol–water partition coefficient (Wildman–Crippen LogP) is 3.84. The van der Waals surface area contributed by atoms with Crippen molar-refractivity contribution in [3.8, 4) is 23.0 Å². The van der Waals surface area contributed by atoms with Crippen LogP contribution in [0.1, 0.15) is 63.5 Å². The predicted molar refractivity (Wildman–Crippen MR) is 138 cm³/mol. The Kier molecular flexibility index (Phi) is 11.2. The molecule has 2 amide bonds. The molecular formula is C26H34N4O6. The molecule has 0 aliphatic carbocycles. The van der Waals surface area contributed by atoms with Gasteiger partial charge in [0.1, 0.15) is 0 Å². The summed E-state index contributed by atoms with van der Waals surface area (Å²) < 4.78 is 10.2. The number of rotatable bonds is 13. The molecule has 4 N–H and O–H groups in total. The lowest BCUT2D eigenvalue weighted by atomic mass is 10.1. The molecule has 0 radical (unpaired) electrons. The third-order valence-corrected chi connectivity index (χ3v) is 5.45. The lowest BCUT2D eigenvalue weighted by Gasteiger charge is -2.07. The van der Waals surface area contributed by atoms with Crippen LogP contribution in [0.25, 0.3) is 0 Å². The van der Waals surface area contributed by atoms with E-state index in [-0.39, 0.29) is 23.3 Å². The van der Waals surface area contributed by atoms with E-state index in [9.17, 15) is 19.8 Å². The molecule has 0 spiro atoms. The SMILES string of the molecule is COc1cc(C(C)=NNC(=O)CCCCCCC(=O)NN=C(C)c2ccc(O)c(OC)c2)ccc1O. The maximum atomic E-state index is 12.0. The van der Waals surface area contributed by atoms with Crippen molar-refractivity contribution in [2.45, 2.75) is 52.4 Å². The second-order valence-electron chi connectivity index (χ2n) is 8.15. The summed E-state index contributed by atoms with van der Waals surface area (Å²) in [6.07, 6.45) is 3.68. The first kappa shape index (κ1) is 28.2. The molecule has 10 nitrogen and oxygen atoms in total. The largest absolute Gasteiger partial charge is 0.504 e. The molecule has 0 bridgehead atoms. The smallest absolute Gasteiger partial charge is 0.240 e. The van der Waals surface area contributed by atoms with Gasteiger partial charge in [-0.2, -0.15) is 10.2 Å². The van der Waals surface area contributed by atoms with E-state index in [0.29, 0.717) is 48.6 Å². The molecule has 0 saturated carbocycles. The number of phenolic OH excluding ortho intramolecular Hbond substituents is 2. The maximum Gasteiger partial charge on any atom is 0.240 e. The Morgan fingerprint density at radius 1 is 0.722 bits per heavy atom. The van der Waals surface area contributed by atoms with Gasteiger partial charge in [0.25, 0.3) is 0 Å². The minimum atomic E-state index is -0.187. The van der Waals surface area contributed by atoms with Crippen molar-refractivity contribution in [3.05, 3.63) is 47.5 Å². The highest BCUT2D eigenvalue weighted by atomic mass is 16.5. The van der Waals surface area contributed by atoms with Gasteiger partial charge in [-0.05, 0) is 63.1 Å². The molecule has 0 aliphatic rings. The van der Waals surface area contributed by atoms with Crippen molar-refractivity contribution in [2.75, 3.05) is 14.2 Å². The first-order valence-corrected chi connectivity index (χ1v) is 11.7. The number of ether oxygens (including phenoxy) is 2. The van der Waals surface area contributed by atoms with Gasteiger partial charge in [-0.3, -0.25) is 9.59 Å². The first-order valence-electron chi connectivity index (χ1n) is 11.7. The van der Waals surface area contributed by atoms with E-state index < -0.39 is 0 Å². The zero-order chi connectivity index (χ0) is 26.5. The Labute approximate surface area is 211 Å². The number of methoxy groups -OCH3 is 2. The zero-order valence-electron chi connectivity index (χ0n) is 21.1.